The predicted molar refractivity (Wildman–Crippen MR) is 69.0 cm³/mol. The lowest BCUT2D eigenvalue weighted by molar-refractivity contribution is 0.393. The fourth-order valence-electron chi connectivity index (χ4n) is 1.61. The van der Waals surface area contributed by atoms with E-state index in [1.54, 1.807) is 13.4 Å². The van der Waals surface area contributed by atoms with Crippen molar-refractivity contribution in [3.63, 3.8) is 0 Å². The van der Waals surface area contributed by atoms with E-state index in [9.17, 15) is 0 Å². The van der Waals surface area contributed by atoms with Crippen LogP contribution < -0.4 is 10.1 Å². The largest absolute Gasteiger partial charge is 0.481 e. The first-order valence-electron chi connectivity index (χ1n) is 6.02. The van der Waals surface area contributed by atoms with Crippen molar-refractivity contribution in [2.45, 2.75) is 32.2 Å². The molecule has 0 aliphatic heterocycles. The van der Waals surface area contributed by atoms with E-state index < -0.39 is 0 Å². The Balaban J connectivity index is 2.74. The summed E-state index contributed by atoms with van der Waals surface area (Å²) in [7, 11) is 1.62. The van der Waals surface area contributed by atoms with Crippen molar-refractivity contribution >= 4 is 0 Å². The van der Waals surface area contributed by atoms with Gasteiger partial charge in [-0.25, -0.2) is 9.97 Å². The monoisotopic (exact) mass is 235 g/mol. The highest BCUT2D eigenvalue weighted by Crippen LogP contribution is 2.19. The Morgan fingerprint density at radius 3 is 3.00 bits per heavy atom. The first-order chi connectivity index (χ1) is 8.31. The number of hydrogen-bond acceptors (Lipinski definition) is 4. The van der Waals surface area contributed by atoms with Gasteiger partial charge in [0.2, 0.25) is 5.88 Å². The molecular formula is C13H21N3O. The van der Waals surface area contributed by atoms with Crippen molar-refractivity contribution in [1.29, 1.82) is 0 Å². The van der Waals surface area contributed by atoms with Gasteiger partial charge in [-0.1, -0.05) is 13.0 Å². The number of rotatable bonds is 8. The number of allylic oxidation sites excluding steroid dienone is 1. The van der Waals surface area contributed by atoms with Gasteiger partial charge >= 0.3 is 0 Å². The first-order valence-corrected chi connectivity index (χ1v) is 6.02. The molecule has 1 rings (SSSR count). The Kier molecular flexibility index (Phi) is 6.25. The second-order valence-electron chi connectivity index (χ2n) is 3.86. The van der Waals surface area contributed by atoms with Gasteiger partial charge in [0.1, 0.15) is 6.33 Å². The molecule has 0 bridgehead atoms. The third-order valence-electron chi connectivity index (χ3n) is 2.53. The van der Waals surface area contributed by atoms with Gasteiger partial charge in [0.05, 0.1) is 18.8 Å². The van der Waals surface area contributed by atoms with Crippen LogP contribution >= 0.6 is 0 Å². The van der Waals surface area contributed by atoms with Crippen LogP contribution in [-0.2, 0) is 0 Å². The molecule has 0 saturated heterocycles. The molecule has 0 radical (unpaired) electrons. The second-order valence-corrected chi connectivity index (χ2v) is 3.86. The standard InChI is InChI=1S/C13H21N3O/c1-4-6-7-11(14-8-5-2)12-9-13(17-3)16-10-15-12/h4,9-11,14H,1,5-8H2,2-3H3. The van der Waals surface area contributed by atoms with E-state index in [0.29, 0.717) is 5.88 Å². The molecule has 0 aliphatic rings. The lowest BCUT2D eigenvalue weighted by Gasteiger charge is -2.17. The number of nitrogens with zero attached hydrogens (tertiary/aromatic N) is 2. The van der Waals surface area contributed by atoms with Gasteiger partial charge in [0.25, 0.3) is 0 Å². The van der Waals surface area contributed by atoms with Crippen molar-refractivity contribution in [2.24, 2.45) is 0 Å². The van der Waals surface area contributed by atoms with Crippen LogP contribution in [0.15, 0.2) is 25.0 Å². The molecule has 94 valence electrons. The molecule has 0 amide bonds. The lowest BCUT2D eigenvalue weighted by Crippen LogP contribution is -2.23. The minimum Gasteiger partial charge on any atom is -0.481 e. The summed E-state index contributed by atoms with van der Waals surface area (Å²) in [5.41, 5.74) is 0.979. The van der Waals surface area contributed by atoms with Crippen LogP contribution in [0.25, 0.3) is 0 Å². The van der Waals surface area contributed by atoms with Crippen molar-refractivity contribution in [1.82, 2.24) is 15.3 Å². The summed E-state index contributed by atoms with van der Waals surface area (Å²) in [5, 5.41) is 3.48. The molecule has 0 aliphatic carbocycles. The van der Waals surface area contributed by atoms with Crippen LogP contribution in [0.1, 0.15) is 37.9 Å². The fourth-order valence-corrected chi connectivity index (χ4v) is 1.61. The fraction of sp³-hybridized carbons (Fsp3) is 0.538. The molecule has 0 spiro atoms. The molecule has 1 atom stereocenters. The topological polar surface area (TPSA) is 47.0 Å². The highest BCUT2D eigenvalue weighted by molar-refractivity contribution is 5.16. The minimum absolute atomic E-state index is 0.241. The summed E-state index contributed by atoms with van der Waals surface area (Å²) >= 11 is 0. The van der Waals surface area contributed by atoms with E-state index in [1.165, 1.54) is 0 Å². The molecule has 0 fully saturated rings. The molecule has 4 heteroatoms. The number of nitrogens with one attached hydrogen (secondary N) is 1. The van der Waals surface area contributed by atoms with Crippen molar-refractivity contribution in [2.75, 3.05) is 13.7 Å². The number of methoxy groups -OCH3 is 1. The highest BCUT2D eigenvalue weighted by Gasteiger charge is 2.12. The Morgan fingerprint density at radius 2 is 2.35 bits per heavy atom. The van der Waals surface area contributed by atoms with Gasteiger partial charge in [-0.05, 0) is 25.8 Å². The molecule has 1 unspecified atom stereocenters. The van der Waals surface area contributed by atoms with E-state index in [2.05, 4.69) is 28.8 Å². The van der Waals surface area contributed by atoms with Crippen molar-refractivity contribution < 1.29 is 4.74 Å². The van der Waals surface area contributed by atoms with Gasteiger partial charge in [-0.3, -0.25) is 0 Å². The molecule has 1 aromatic rings. The second kappa shape index (κ2) is 7.79. The highest BCUT2D eigenvalue weighted by atomic mass is 16.5. The van der Waals surface area contributed by atoms with E-state index >= 15 is 0 Å². The SMILES string of the molecule is C=CCCC(NCCC)c1cc(OC)ncn1. The Hall–Kier alpha value is -1.42. The summed E-state index contributed by atoms with van der Waals surface area (Å²) in [6.07, 6.45) is 6.53. The minimum atomic E-state index is 0.241. The van der Waals surface area contributed by atoms with Crippen molar-refractivity contribution in [3.8, 4) is 5.88 Å². The summed E-state index contributed by atoms with van der Waals surface area (Å²) in [5.74, 6) is 0.608. The molecule has 1 aromatic heterocycles. The molecular weight excluding hydrogens is 214 g/mol. The van der Waals surface area contributed by atoms with Gasteiger partial charge < -0.3 is 10.1 Å². The molecule has 17 heavy (non-hydrogen) atoms. The third-order valence-corrected chi connectivity index (χ3v) is 2.53. The van der Waals surface area contributed by atoms with Crippen molar-refractivity contribution in [3.05, 3.63) is 30.7 Å². The zero-order chi connectivity index (χ0) is 12.5. The number of hydrogen-bond donors (Lipinski definition) is 1. The predicted octanol–water partition coefficient (Wildman–Crippen LogP) is 2.49. The molecule has 4 nitrogen and oxygen atoms in total. The van der Waals surface area contributed by atoms with Gasteiger partial charge in [-0.2, -0.15) is 0 Å². The first kappa shape index (κ1) is 13.6. The zero-order valence-corrected chi connectivity index (χ0v) is 10.6. The molecule has 1 heterocycles. The molecule has 0 aromatic carbocycles. The number of aromatic nitrogens is 2. The molecule has 0 saturated carbocycles. The normalized spacial score (nSPS) is 12.1. The maximum atomic E-state index is 5.11. The lowest BCUT2D eigenvalue weighted by atomic mass is 10.1. The summed E-state index contributed by atoms with van der Waals surface area (Å²) in [6.45, 7) is 6.89. The van der Waals surface area contributed by atoms with Crippen LogP contribution in [0, 0.1) is 0 Å². The zero-order valence-electron chi connectivity index (χ0n) is 10.6. The van der Waals surface area contributed by atoms with Gasteiger partial charge in [0, 0.05) is 6.07 Å². The van der Waals surface area contributed by atoms with Crippen LogP contribution in [-0.4, -0.2) is 23.6 Å². The van der Waals surface area contributed by atoms with Gasteiger partial charge in [-0.15, -0.1) is 6.58 Å². The summed E-state index contributed by atoms with van der Waals surface area (Å²) in [6, 6.07) is 2.13. The summed E-state index contributed by atoms with van der Waals surface area (Å²) in [4.78, 5) is 8.33. The van der Waals surface area contributed by atoms with Crippen LogP contribution in [0.4, 0.5) is 0 Å². The van der Waals surface area contributed by atoms with Crippen LogP contribution in [0.2, 0.25) is 0 Å². The Labute approximate surface area is 103 Å². The van der Waals surface area contributed by atoms with E-state index in [0.717, 1.165) is 31.5 Å². The molecule has 1 N–H and O–H groups in total. The average molecular weight is 235 g/mol. The van der Waals surface area contributed by atoms with E-state index in [1.807, 2.05) is 12.1 Å². The van der Waals surface area contributed by atoms with Crippen LogP contribution in [0.3, 0.4) is 0 Å². The maximum absolute atomic E-state index is 5.11. The third kappa shape index (κ3) is 4.53. The number of ether oxygens (including phenoxy) is 1. The Morgan fingerprint density at radius 1 is 1.53 bits per heavy atom. The average Bonchev–Trinajstić information content (AvgIpc) is 2.39. The Bertz CT molecular complexity index is 341. The van der Waals surface area contributed by atoms with E-state index in [4.69, 9.17) is 4.74 Å². The maximum Gasteiger partial charge on any atom is 0.216 e. The summed E-state index contributed by atoms with van der Waals surface area (Å²) < 4.78 is 5.11. The van der Waals surface area contributed by atoms with Crippen LogP contribution in [0.5, 0.6) is 5.88 Å². The smallest absolute Gasteiger partial charge is 0.216 e. The quantitative estimate of drug-likeness (QED) is 0.703. The van der Waals surface area contributed by atoms with E-state index in [-0.39, 0.29) is 6.04 Å². The van der Waals surface area contributed by atoms with Gasteiger partial charge in [0.15, 0.2) is 0 Å².